The molecule has 27 heavy (non-hydrogen) atoms. The van der Waals surface area contributed by atoms with Crippen molar-refractivity contribution in [2.24, 2.45) is 0 Å². The highest BCUT2D eigenvalue weighted by Gasteiger charge is 2.48. The molecule has 0 spiro atoms. The summed E-state index contributed by atoms with van der Waals surface area (Å²) >= 11 is 0. The van der Waals surface area contributed by atoms with Gasteiger partial charge in [-0.05, 0) is 12.5 Å². The van der Waals surface area contributed by atoms with Crippen LogP contribution >= 0.6 is 0 Å². The maximum atomic E-state index is 11.6. The van der Waals surface area contributed by atoms with Crippen LogP contribution in [0.1, 0.15) is 5.56 Å². The smallest absolute Gasteiger partial charge is 0.336 e. The lowest BCUT2D eigenvalue weighted by Gasteiger charge is -2.38. The minimum absolute atomic E-state index is 0.0323. The quantitative estimate of drug-likeness (QED) is 0.503. The zero-order valence-electron chi connectivity index (χ0n) is 14.4. The Morgan fingerprint density at radius 2 is 1.81 bits per heavy atom. The molecule has 10 nitrogen and oxygen atoms in total. The first-order valence-corrected chi connectivity index (χ1v) is 7.94. The summed E-state index contributed by atoms with van der Waals surface area (Å²) in [6, 6.07) is 4.07. The Hall–Kier alpha value is -2.66. The largest absolute Gasteiger partial charge is 0.496 e. The van der Waals surface area contributed by atoms with Crippen molar-refractivity contribution in [2.75, 3.05) is 7.11 Å². The van der Waals surface area contributed by atoms with Gasteiger partial charge in [0.1, 0.15) is 35.4 Å². The number of benzene rings is 1. The molecule has 0 aliphatic carbocycles. The highest BCUT2D eigenvalue weighted by Crippen LogP contribution is 2.34. The van der Waals surface area contributed by atoms with E-state index in [2.05, 4.69) is 0 Å². The summed E-state index contributed by atoms with van der Waals surface area (Å²) in [6.07, 6.45) is -8.74. The van der Waals surface area contributed by atoms with Gasteiger partial charge in [0, 0.05) is 18.2 Å². The van der Waals surface area contributed by atoms with Gasteiger partial charge in [-0.15, -0.1) is 0 Å². The second-order valence-corrected chi connectivity index (χ2v) is 6.10. The van der Waals surface area contributed by atoms with Crippen LogP contribution in [0.4, 0.5) is 0 Å². The van der Waals surface area contributed by atoms with Crippen LogP contribution in [-0.4, -0.2) is 64.2 Å². The summed E-state index contributed by atoms with van der Waals surface area (Å²) in [7, 11) is 1.40. The van der Waals surface area contributed by atoms with E-state index < -0.39 is 42.3 Å². The SMILES string of the molecule is COc1cc(O[C@@H]2O[C@H](C(=O)O)[C@@H](O)[C@H](O)[C@H]2O)cc2oc(=O)cc(C)c12. The molecule has 5 atom stereocenters. The van der Waals surface area contributed by atoms with E-state index in [1.807, 2.05) is 0 Å². The summed E-state index contributed by atoms with van der Waals surface area (Å²) in [4.78, 5) is 22.8. The van der Waals surface area contributed by atoms with Gasteiger partial charge in [-0.25, -0.2) is 9.59 Å². The Morgan fingerprint density at radius 1 is 1.11 bits per heavy atom. The van der Waals surface area contributed by atoms with E-state index >= 15 is 0 Å². The fourth-order valence-electron chi connectivity index (χ4n) is 2.93. The normalized spacial score (nSPS) is 28.1. The summed E-state index contributed by atoms with van der Waals surface area (Å²) in [5.41, 5.74) is 0.177. The lowest BCUT2D eigenvalue weighted by molar-refractivity contribution is -0.271. The molecule has 10 heteroatoms. The topological polar surface area (TPSA) is 156 Å². The fourth-order valence-corrected chi connectivity index (χ4v) is 2.93. The number of aliphatic carboxylic acids is 1. The van der Waals surface area contributed by atoms with Crippen LogP contribution in [-0.2, 0) is 9.53 Å². The van der Waals surface area contributed by atoms with E-state index in [1.54, 1.807) is 6.92 Å². The number of carbonyl (C=O) groups is 1. The number of methoxy groups -OCH3 is 1. The zero-order valence-corrected chi connectivity index (χ0v) is 14.4. The number of carboxylic acids is 1. The minimum Gasteiger partial charge on any atom is -0.496 e. The average Bonchev–Trinajstić information content (AvgIpc) is 2.60. The van der Waals surface area contributed by atoms with Gasteiger partial charge in [0.25, 0.3) is 0 Å². The molecule has 2 heterocycles. The second-order valence-electron chi connectivity index (χ2n) is 6.10. The molecule has 0 amide bonds. The van der Waals surface area contributed by atoms with Crippen LogP contribution in [0.3, 0.4) is 0 Å². The number of ether oxygens (including phenoxy) is 3. The van der Waals surface area contributed by atoms with E-state index in [-0.39, 0.29) is 11.3 Å². The van der Waals surface area contributed by atoms with Gasteiger partial charge in [-0.2, -0.15) is 0 Å². The number of carboxylic acid groups (broad SMARTS) is 1. The molecule has 1 aromatic carbocycles. The van der Waals surface area contributed by atoms with Gasteiger partial charge >= 0.3 is 11.6 Å². The molecule has 3 rings (SSSR count). The van der Waals surface area contributed by atoms with Crippen LogP contribution < -0.4 is 15.1 Å². The van der Waals surface area contributed by atoms with E-state index in [1.165, 1.54) is 25.3 Å². The van der Waals surface area contributed by atoms with Crippen LogP contribution in [0.5, 0.6) is 11.5 Å². The first-order chi connectivity index (χ1) is 12.7. The monoisotopic (exact) mass is 382 g/mol. The van der Waals surface area contributed by atoms with Crippen molar-refractivity contribution in [1.82, 2.24) is 0 Å². The van der Waals surface area contributed by atoms with E-state index in [4.69, 9.17) is 23.7 Å². The Labute approximate surface area is 152 Å². The summed E-state index contributed by atoms with van der Waals surface area (Å²) < 4.78 is 20.9. The molecule has 146 valence electrons. The molecular weight excluding hydrogens is 364 g/mol. The van der Waals surface area contributed by atoms with Gasteiger partial charge in [0.05, 0.1) is 12.5 Å². The third kappa shape index (κ3) is 3.47. The van der Waals surface area contributed by atoms with E-state index in [9.17, 15) is 24.9 Å². The highest BCUT2D eigenvalue weighted by molar-refractivity contribution is 5.88. The van der Waals surface area contributed by atoms with Crippen LogP contribution in [0.2, 0.25) is 0 Å². The highest BCUT2D eigenvalue weighted by atomic mass is 16.7. The molecular formula is C17H18O10. The number of hydrogen-bond acceptors (Lipinski definition) is 9. The third-order valence-corrected chi connectivity index (χ3v) is 4.26. The number of aliphatic hydroxyl groups is 3. The van der Waals surface area contributed by atoms with Crippen molar-refractivity contribution in [3.8, 4) is 11.5 Å². The fraction of sp³-hybridized carbons (Fsp3) is 0.412. The number of aliphatic hydroxyl groups excluding tert-OH is 3. The molecule has 1 aliphatic heterocycles. The third-order valence-electron chi connectivity index (χ3n) is 4.26. The molecule has 1 aliphatic rings. The van der Waals surface area contributed by atoms with Crippen LogP contribution in [0.25, 0.3) is 11.0 Å². The maximum absolute atomic E-state index is 11.6. The number of fused-ring (bicyclic) bond motifs is 1. The van der Waals surface area contributed by atoms with E-state index in [0.717, 1.165) is 0 Å². The summed E-state index contributed by atoms with van der Waals surface area (Å²) in [5, 5.41) is 39.2. The number of rotatable bonds is 4. The second kappa shape index (κ2) is 7.16. The van der Waals surface area contributed by atoms with Gasteiger partial charge in [0.15, 0.2) is 6.10 Å². The minimum atomic E-state index is -1.83. The van der Waals surface area contributed by atoms with Crippen molar-refractivity contribution in [2.45, 2.75) is 37.6 Å². The molecule has 0 saturated carbocycles. The van der Waals surface area contributed by atoms with Crippen molar-refractivity contribution in [3.63, 3.8) is 0 Å². The van der Waals surface area contributed by atoms with Crippen molar-refractivity contribution < 1.29 is 43.8 Å². The molecule has 1 fully saturated rings. The number of aryl methyl sites for hydroxylation is 1. The van der Waals surface area contributed by atoms with Gasteiger partial charge < -0.3 is 39.1 Å². The molecule has 0 bridgehead atoms. The van der Waals surface area contributed by atoms with Gasteiger partial charge in [-0.1, -0.05) is 0 Å². The lowest BCUT2D eigenvalue weighted by Crippen LogP contribution is -2.61. The van der Waals surface area contributed by atoms with Crippen molar-refractivity contribution in [1.29, 1.82) is 0 Å². The van der Waals surface area contributed by atoms with Crippen LogP contribution in [0.15, 0.2) is 27.4 Å². The predicted molar refractivity (Wildman–Crippen MR) is 88.7 cm³/mol. The Bertz CT molecular complexity index is 920. The van der Waals surface area contributed by atoms with Crippen LogP contribution in [0, 0.1) is 6.92 Å². The standard InChI is InChI=1S/C17H18O10/c1-6-3-10(18)26-9-5-7(4-8(24-2)11(6)9)25-17-14(21)12(19)13(20)15(27-17)16(22)23/h3-5,12-15,17,19-21H,1-2H3,(H,22,23)/t12-,13-,14+,15-,17+/m0/s1. The molecule has 1 saturated heterocycles. The van der Waals surface area contributed by atoms with Gasteiger partial charge in [-0.3, -0.25) is 0 Å². The molecule has 4 N–H and O–H groups in total. The molecule has 2 aromatic rings. The average molecular weight is 382 g/mol. The Morgan fingerprint density at radius 3 is 2.44 bits per heavy atom. The van der Waals surface area contributed by atoms with E-state index in [0.29, 0.717) is 16.7 Å². The molecule has 0 unspecified atom stereocenters. The Balaban J connectivity index is 1.98. The predicted octanol–water partition coefficient (Wildman–Crippen LogP) is -0.619. The Kier molecular flexibility index (Phi) is 5.07. The summed E-state index contributed by atoms with van der Waals surface area (Å²) in [5.74, 6) is -1.19. The lowest BCUT2D eigenvalue weighted by atomic mass is 9.99. The number of hydrogen-bond donors (Lipinski definition) is 4. The van der Waals surface area contributed by atoms with Crippen molar-refractivity contribution >= 4 is 16.9 Å². The first-order valence-electron chi connectivity index (χ1n) is 7.94. The maximum Gasteiger partial charge on any atom is 0.336 e. The molecule has 1 aromatic heterocycles. The van der Waals surface area contributed by atoms with Crippen molar-refractivity contribution in [3.05, 3.63) is 34.2 Å². The first kappa shape index (κ1) is 19.1. The molecule has 0 radical (unpaired) electrons. The zero-order chi connectivity index (χ0) is 19.9. The van der Waals surface area contributed by atoms with Gasteiger partial charge in [0.2, 0.25) is 6.29 Å². The summed E-state index contributed by atoms with van der Waals surface area (Å²) in [6.45, 7) is 1.70.